The number of carbonyl (C=O) groups is 1. The van der Waals surface area contributed by atoms with Crippen LogP contribution in [0.2, 0.25) is 0 Å². The highest BCUT2D eigenvalue weighted by Crippen LogP contribution is 2.22. The van der Waals surface area contributed by atoms with E-state index in [1.54, 1.807) is 7.11 Å². The minimum Gasteiger partial charge on any atom is -0.392 e. The van der Waals surface area contributed by atoms with Crippen molar-refractivity contribution in [3.05, 3.63) is 0 Å². The van der Waals surface area contributed by atoms with Crippen molar-refractivity contribution in [3.63, 3.8) is 0 Å². The van der Waals surface area contributed by atoms with E-state index in [-0.39, 0.29) is 12.0 Å². The van der Waals surface area contributed by atoms with Gasteiger partial charge >= 0.3 is 0 Å². The quantitative estimate of drug-likeness (QED) is 0.746. The van der Waals surface area contributed by atoms with E-state index in [0.717, 1.165) is 64.3 Å². The van der Waals surface area contributed by atoms with Gasteiger partial charge in [0.25, 0.3) is 0 Å². The lowest BCUT2D eigenvalue weighted by molar-refractivity contribution is -0.134. The molecule has 2 aliphatic rings. The smallest absolute Gasteiger partial charge is 0.236 e. The molecule has 2 saturated heterocycles. The highest BCUT2D eigenvalue weighted by molar-refractivity contribution is 5.78. The highest BCUT2D eigenvalue weighted by atomic mass is 16.5. The van der Waals surface area contributed by atoms with Gasteiger partial charge in [-0.15, -0.1) is 0 Å². The van der Waals surface area contributed by atoms with E-state index < -0.39 is 0 Å². The van der Waals surface area contributed by atoms with E-state index >= 15 is 0 Å². The summed E-state index contributed by atoms with van der Waals surface area (Å²) in [5.74, 6) is 0.987. The zero-order valence-electron chi connectivity index (χ0n) is 13.3. The summed E-state index contributed by atoms with van der Waals surface area (Å²) in [7, 11) is 1.75. The fourth-order valence-corrected chi connectivity index (χ4v) is 3.45. The third-order valence-corrected chi connectivity index (χ3v) is 4.77. The maximum absolute atomic E-state index is 12.3. The van der Waals surface area contributed by atoms with Crippen LogP contribution in [0.15, 0.2) is 0 Å². The third kappa shape index (κ3) is 5.57. The van der Waals surface area contributed by atoms with E-state index in [1.807, 2.05) is 4.90 Å². The lowest BCUT2D eigenvalue weighted by Gasteiger charge is -2.35. The number of nitrogens with zero attached hydrogens (tertiary/aromatic N) is 2. The average molecular weight is 298 g/mol. The standard InChI is InChI=1S/C16H30N2O3/c1-21-11-3-4-14-6-9-18(10-7-14)16(20)13-17-8-2-5-15(19)12-17/h14-15,19H,2-13H2,1H3. The summed E-state index contributed by atoms with van der Waals surface area (Å²) >= 11 is 0. The monoisotopic (exact) mass is 298 g/mol. The molecule has 1 amide bonds. The molecular weight excluding hydrogens is 268 g/mol. The van der Waals surface area contributed by atoms with Crippen molar-refractivity contribution in [2.75, 3.05) is 46.4 Å². The maximum atomic E-state index is 12.3. The van der Waals surface area contributed by atoms with Gasteiger partial charge in [-0.25, -0.2) is 0 Å². The van der Waals surface area contributed by atoms with Crippen molar-refractivity contribution >= 4 is 5.91 Å². The summed E-state index contributed by atoms with van der Waals surface area (Å²) in [5.41, 5.74) is 0. The number of carbonyl (C=O) groups excluding carboxylic acids is 1. The van der Waals surface area contributed by atoms with Crippen molar-refractivity contribution in [2.45, 2.75) is 44.6 Å². The van der Waals surface area contributed by atoms with Gasteiger partial charge in [-0.05, 0) is 51.0 Å². The minimum absolute atomic E-state index is 0.236. The largest absolute Gasteiger partial charge is 0.392 e. The summed E-state index contributed by atoms with van der Waals surface area (Å²) in [4.78, 5) is 16.4. The Morgan fingerprint density at radius 2 is 2.00 bits per heavy atom. The number of hydrogen-bond acceptors (Lipinski definition) is 4. The second kappa shape index (κ2) is 8.71. The predicted octanol–water partition coefficient (Wildman–Crippen LogP) is 1.11. The maximum Gasteiger partial charge on any atom is 0.236 e. The van der Waals surface area contributed by atoms with Gasteiger partial charge in [-0.1, -0.05) is 0 Å². The SMILES string of the molecule is COCCCC1CCN(C(=O)CN2CCCC(O)C2)CC1. The van der Waals surface area contributed by atoms with E-state index in [1.165, 1.54) is 6.42 Å². The molecule has 0 radical (unpaired) electrons. The number of methoxy groups -OCH3 is 1. The van der Waals surface area contributed by atoms with Crippen LogP contribution in [-0.4, -0.2) is 73.4 Å². The second-order valence-electron chi connectivity index (χ2n) is 6.49. The molecule has 0 bridgehead atoms. The Kier molecular flexibility index (Phi) is 6.93. The molecule has 2 fully saturated rings. The summed E-state index contributed by atoms with van der Waals surface area (Å²) in [6, 6.07) is 0. The van der Waals surface area contributed by atoms with E-state index in [4.69, 9.17) is 4.74 Å². The number of aliphatic hydroxyl groups excluding tert-OH is 1. The molecule has 0 saturated carbocycles. The van der Waals surface area contributed by atoms with Crippen LogP contribution < -0.4 is 0 Å². The first-order valence-electron chi connectivity index (χ1n) is 8.36. The molecular formula is C16H30N2O3. The van der Waals surface area contributed by atoms with Crippen molar-refractivity contribution in [2.24, 2.45) is 5.92 Å². The molecule has 5 nitrogen and oxygen atoms in total. The molecule has 0 aromatic heterocycles. The van der Waals surface area contributed by atoms with Gasteiger partial charge < -0.3 is 14.7 Å². The first-order chi connectivity index (χ1) is 10.2. The Morgan fingerprint density at radius 3 is 2.67 bits per heavy atom. The van der Waals surface area contributed by atoms with Gasteiger partial charge in [-0.3, -0.25) is 9.69 Å². The Bertz CT molecular complexity index is 317. The first-order valence-corrected chi connectivity index (χ1v) is 8.36. The van der Waals surface area contributed by atoms with Gasteiger partial charge in [0.2, 0.25) is 5.91 Å². The number of aliphatic hydroxyl groups is 1. The van der Waals surface area contributed by atoms with Crippen LogP contribution in [0.25, 0.3) is 0 Å². The number of ether oxygens (including phenoxy) is 1. The normalized spacial score (nSPS) is 25.2. The summed E-state index contributed by atoms with van der Waals surface area (Å²) in [6.45, 7) is 4.71. The Hall–Kier alpha value is -0.650. The fourth-order valence-electron chi connectivity index (χ4n) is 3.45. The molecule has 2 rings (SSSR count). The molecule has 0 aromatic rings. The number of β-amino-alcohol motifs (C(OH)–C–C–N with tert-alkyl or cyclic N) is 1. The third-order valence-electron chi connectivity index (χ3n) is 4.77. The molecule has 0 aliphatic carbocycles. The van der Waals surface area contributed by atoms with Crippen LogP contribution >= 0.6 is 0 Å². The lowest BCUT2D eigenvalue weighted by atomic mass is 9.92. The van der Waals surface area contributed by atoms with E-state index in [9.17, 15) is 9.90 Å². The second-order valence-corrected chi connectivity index (χ2v) is 6.49. The van der Waals surface area contributed by atoms with Gasteiger partial charge in [0.1, 0.15) is 0 Å². The average Bonchev–Trinajstić information content (AvgIpc) is 2.48. The number of rotatable bonds is 6. The Morgan fingerprint density at radius 1 is 1.24 bits per heavy atom. The number of amides is 1. The first kappa shape index (κ1) is 16.7. The van der Waals surface area contributed by atoms with Gasteiger partial charge in [0.05, 0.1) is 12.6 Å². The molecule has 0 aromatic carbocycles. The Labute approximate surface area is 128 Å². The fraction of sp³-hybridized carbons (Fsp3) is 0.938. The number of likely N-dealkylation sites (tertiary alicyclic amines) is 2. The van der Waals surface area contributed by atoms with E-state index in [0.29, 0.717) is 13.1 Å². The van der Waals surface area contributed by atoms with Crippen molar-refractivity contribution in [1.82, 2.24) is 9.80 Å². The topological polar surface area (TPSA) is 53.0 Å². The summed E-state index contributed by atoms with van der Waals surface area (Å²) in [5, 5.41) is 9.66. The molecule has 1 N–H and O–H groups in total. The summed E-state index contributed by atoms with van der Waals surface area (Å²) in [6.07, 6.45) is 6.21. The van der Waals surface area contributed by atoms with Crippen molar-refractivity contribution < 1.29 is 14.6 Å². The Balaban J connectivity index is 1.65. The van der Waals surface area contributed by atoms with Crippen LogP contribution in [0.3, 0.4) is 0 Å². The molecule has 5 heteroatoms. The summed E-state index contributed by atoms with van der Waals surface area (Å²) < 4.78 is 5.09. The predicted molar refractivity (Wildman–Crippen MR) is 82.1 cm³/mol. The zero-order valence-corrected chi connectivity index (χ0v) is 13.3. The molecule has 0 spiro atoms. The molecule has 1 unspecified atom stereocenters. The van der Waals surface area contributed by atoms with Crippen LogP contribution in [0, 0.1) is 5.92 Å². The van der Waals surface area contributed by atoms with E-state index in [2.05, 4.69) is 4.90 Å². The highest BCUT2D eigenvalue weighted by Gasteiger charge is 2.25. The molecule has 2 aliphatic heterocycles. The van der Waals surface area contributed by atoms with Crippen LogP contribution in [0.4, 0.5) is 0 Å². The van der Waals surface area contributed by atoms with Gasteiger partial charge in [0, 0.05) is 33.4 Å². The van der Waals surface area contributed by atoms with Gasteiger partial charge in [-0.2, -0.15) is 0 Å². The molecule has 2 heterocycles. The minimum atomic E-state index is -0.252. The number of piperidine rings is 2. The van der Waals surface area contributed by atoms with Crippen molar-refractivity contribution in [1.29, 1.82) is 0 Å². The lowest BCUT2D eigenvalue weighted by Crippen LogP contribution is -2.47. The molecule has 122 valence electrons. The molecule has 1 atom stereocenters. The van der Waals surface area contributed by atoms with Crippen LogP contribution in [-0.2, 0) is 9.53 Å². The zero-order chi connectivity index (χ0) is 15.1. The number of hydrogen-bond donors (Lipinski definition) is 1. The van der Waals surface area contributed by atoms with Gasteiger partial charge in [0.15, 0.2) is 0 Å². The van der Waals surface area contributed by atoms with Crippen LogP contribution in [0.1, 0.15) is 38.5 Å². The van der Waals surface area contributed by atoms with Crippen molar-refractivity contribution in [3.8, 4) is 0 Å². The molecule has 21 heavy (non-hydrogen) atoms. The van der Waals surface area contributed by atoms with Crippen LogP contribution in [0.5, 0.6) is 0 Å².